The zero-order valence-electron chi connectivity index (χ0n) is 10.3. The van der Waals surface area contributed by atoms with Gasteiger partial charge in [-0.2, -0.15) is 0 Å². The Morgan fingerprint density at radius 3 is 2.95 bits per heavy atom. The van der Waals surface area contributed by atoms with Crippen molar-refractivity contribution in [1.82, 2.24) is 15.3 Å². The Morgan fingerprint density at radius 2 is 2.32 bits per heavy atom. The van der Waals surface area contributed by atoms with Crippen molar-refractivity contribution >= 4 is 33.6 Å². The molecular weight excluding hydrogens is 266 g/mol. The summed E-state index contributed by atoms with van der Waals surface area (Å²) in [5.41, 5.74) is 0.639. The normalized spacial score (nSPS) is 12.3. The average Bonchev–Trinajstić information content (AvgIpc) is 2.81. The molecule has 0 aliphatic rings. The molecule has 1 atom stereocenters. The van der Waals surface area contributed by atoms with E-state index in [9.17, 15) is 9.59 Å². The highest BCUT2D eigenvalue weighted by molar-refractivity contribution is 7.19. The third-order valence-corrected chi connectivity index (χ3v) is 3.52. The summed E-state index contributed by atoms with van der Waals surface area (Å²) in [6.45, 7) is 1.86. The van der Waals surface area contributed by atoms with E-state index in [4.69, 9.17) is 5.11 Å². The molecule has 0 radical (unpaired) electrons. The first kappa shape index (κ1) is 13.4. The molecule has 0 spiro atoms. The minimum atomic E-state index is -1.03. The van der Waals surface area contributed by atoms with Gasteiger partial charge in [0.1, 0.15) is 16.4 Å². The van der Waals surface area contributed by atoms with Gasteiger partial charge in [0.05, 0.1) is 0 Å². The van der Waals surface area contributed by atoms with Crippen molar-refractivity contribution in [3.63, 3.8) is 0 Å². The van der Waals surface area contributed by atoms with Crippen LogP contribution in [0.4, 0.5) is 0 Å². The Hall–Kier alpha value is -2.02. The Balaban J connectivity index is 2.16. The topological polar surface area (TPSA) is 92.2 Å². The first-order valence-electron chi connectivity index (χ1n) is 5.87. The summed E-state index contributed by atoms with van der Waals surface area (Å²) in [6, 6.07) is 2.62. The molecule has 7 heteroatoms. The van der Waals surface area contributed by atoms with Gasteiger partial charge in [0.2, 0.25) is 0 Å². The van der Waals surface area contributed by atoms with E-state index >= 15 is 0 Å². The summed E-state index contributed by atoms with van der Waals surface area (Å²) in [4.78, 5) is 31.8. The third-order valence-electron chi connectivity index (χ3n) is 2.54. The molecule has 0 aromatic carbocycles. The molecule has 0 bridgehead atoms. The molecule has 0 saturated carbocycles. The van der Waals surface area contributed by atoms with Crippen LogP contribution in [0.25, 0.3) is 10.3 Å². The maximum Gasteiger partial charge on any atom is 0.326 e. The van der Waals surface area contributed by atoms with Crippen LogP contribution in [0.1, 0.15) is 29.6 Å². The van der Waals surface area contributed by atoms with E-state index in [1.54, 1.807) is 18.3 Å². The molecular formula is C12H13N3O3S. The number of fused-ring (bicyclic) bond motifs is 1. The van der Waals surface area contributed by atoms with Gasteiger partial charge in [0, 0.05) is 6.20 Å². The van der Waals surface area contributed by atoms with Gasteiger partial charge in [0.25, 0.3) is 5.91 Å². The van der Waals surface area contributed by atoms with Crippen molar-refractivity contribution < 1.29 is 14.7 Å². The molecule has 0 aliphatic heterocycles. The van der Waals surface area contributed by atoms with Crippen LogP contribution in [0.15, 0.2) is 18.3 Å². The number of carboxylic acid groups (broad SMARTS) is 1. The van der Waals surface area contributed by atoms with Crippen molar-refractivity contribution in [3.8, 4) is 0 Å². The lowest BCUT2D eigenvalue weighted by molar-refractivity contribution is -0.139. The second kappa shape index (κ2) is 5.75. The molecule has 19 heavy (non-hydrogen) atoms. The van der Waals surface area contributed by atoms with Crippen LogP contribution < -0.4 is 5.32 Å². The Kier molecular flexibility index (Phi) is 4.06. The predicted molar refractivity (Wildman–Crippen MR) is 71.2 cm³/mol. The average molecular weight is 279 g/mol. The minimum Gasteiger partial charge on any atom is -0.480 e. The number of aromatic nitrogens is 2. The summed E-state index contributed by atoms with van der Waals surface area (Å²) in [5.74, 6) is -1.50. The van der Waals surface area contributed by atoms with Crippen LogP contribution in [-0.2, 0) is 4.79 Å². The van der Waals surface area contributed by atoms with Gasteiger partial charge < -0.3 is 10.4 Å². The lowest BCUT2D eigenvalue weighted by Crippen LogP contribution is -2.40. The summed E-state index contributed by atoms with van der Waals surface area (Å²) >= 11 is 1.15. The fourth-order valence-electron chi connectivity index (χ4n) is 1.63. The van der Waals surface area contributed by atoms with Gasteiger partial charge in [-0.25, -0.2) is 14.8 Å². The Bertz CT molecular complexity index is 578. The zero-order chi connectivity index (χ0) is 13.8. The highest BCUT2D eigenvalue weighted by Crippen LogP contribution is 2.19. The molecule has 2 aromatic rings. The number of carbonyl (C=O) groups is 2. The number of carbonyl (C=O) groups excluding carboxylic acids is 1. The third kappa shape index (κ3) is 3.05. The number of hydrogen-bond donors (Lipinski definition) is 2. The molecule has 2 heterocycles. The molecule has 100 valence electrons. The number of thiazole rings is 1. The largest absolute Gasteiger partial charge is 0.480 e. The molecule has 0 fully saturated rings. The first-order valence-corrected chi connectivity index (χ1v) is 6.68. The number of carboxylic acids is 1. The lowest BCUT2D eigenvalue weighted by Gasteiger charge is -2.11. The molecule has 2 rings (SSSR count). The summed E-state index contributed by atoms with van der Waals surface area (Å²) in [6.07, 6.45) is 2.70. The maximum atomic E-state index is 11.9. The molecule has 1 amide bonds. The summed E-state index contributed by atoms with van der Waals surface area (Å²) in [5, 5.41) is 11.7. The molecule has 2 N–H and O–H groups in total. The second-order valence-corrected chi connectivity index (χ2v) is 4.98. The monoisotopic (exact) mass is 279 g/mol. The Labute approximate surface area is 113 Å². The predicted octanol–water partition coefficient (Wildman–Crippen LogP) is 1.67. The van der Waals surface area contributed by atoms with Crippen LogP contribution in [-0.4, -0.2) is 33.0 Å². The summed E-state index contributed by atoms with van der Waals surface area (Å²) in [7, 11) is 0. The van der Waals surface area contributed by atoms with E-state index < -0.39 is 17.9 Å². The SMILES string of the molecule is CCCC(NC(=O)c1nc2cccnc2s1)C(=O)O. The van der Waals surface area contributed by atoms with E-state index in [-0.39, 0.29) is 5.01 Å². The van der Waals surface area contributed by atoms with E-state index in [0.29, 0.717) is 23.2 Å². The summed E-state index contributed by atoms with van der Waals surface area (Å²) < 4.78 is 0. The highest BCUT2D eigenvalue weighted by Gasteiger charge is 2.21. The van der Waals surface area contributed by atoms with E-state index in [0.717, 1.165) is 11.3 Å². The number of aliphatic carboxylic acids is 1. The number of amides is 1. The van der Waals surface area contributed by atoms with Crippen molar-refractivity contribution in [3.05, 3.63) is 23.3 Å². The van der Waals surface area contributed by atoms with E-state index in [2.05, 4.69) is 15.3 Å². The molecule has 0 aliphatic carbocycles. The standard InChI is InChI=1S/C12H13N3O3S/c1-2-4-8(12(17)18)14-9(16)11-15-7-5-3-6-13-10(7)19-11/h3,5-6,8H,2,4H2,1H3,(H,14,16)(H,17,18). The number of nitrogens with one attached hydrogen (secondary N) is 1. The van der Waals surface area contributed by atoms with Crippen molar-refractivity contribution in [2.45, 2.75) is 25.8 Å². The van der Waals surface area contributed by atoms with E-state index in [1.165, 1.54) is 0 Å². The van der Waals surface area contributed by atoms with Crippen LogP contribution in [0.3, 0.4) is 0 Å². The number of nitrogens with zero attached hydrogens (tertiary/aromatic N) is 2. The molecule has 0 saturated heterocycles. The zero-order valence-corrected chi connectivity index (χ0v) is 11.1. The number of rotatable bonds is 5. The van der Waals surface area contributed by atoms with E-state index in [1.807, 2.05) is 6.92 Å². The lowest BCUT2D eigenvalue weighted by atomic mass is 10.2. The van der Waals surface area contributed by atoms with Crippen molar-refractivity contribution in [2.75, 3.05) is 0 Å². The van der Waals surface area contributed by atoms with Gasteiger partial charge >= 0.3 is 5.97 Å². The smallest absolute Gasteiger partial charge is 0.326 e. The first-order chi connectivity index (χ1) is 9.11. The van der Waals surface area contributed by atoms with Crippen LogP contribution in [0, 0.1) is 0 Å². The van der Waals surface area contributed by atoms with Gasteiger partial charge in [0.15, 0.2) is 5.01 Å². The van der Waals surface area contributed by atoms with Crippen molar-refractivity contribution in [2.24, 2.45) is 0 Å². The number of pyridine rings is 1. The molecule has 6 nitrogen and oxygen atoms in total. The molecule has 1 unspecified atom stereocenters. The quantitative estimate of drug-likeness (QED) is 0.868. The van der Waals surface area contributed by atoms with Gasteiger partial charge in [-0.3, -0.25) is 4.79 Å². The number of hydrogen-bond acceptors (Lipinski definition) is 5. The minimum absolute atomic E-state index is 0.232. The maximum absolute atomic E-state index is 11.9. The fraction of sp³-hybridized carbons (Fsp3) is 0.333. The Morgan fingerprint density at radius 1 is 1.53 bits per heavy atom. The van der Waals surface area contributed by atoms with Gasteiger partial charge in [-0.1, -0.05) is 24.7 Å². The van der Waals surface area contributed by atoms with Crippen LogP contribution in [0.5, 0.6) is 0 Å². The fourth-order valence-corrected chi connectivity index (χ4v) is 2.44. The second-order valence-electron chi connectivity index (χ2n) is 4.00. The molecule has 2 aromatic heterocycles. The highest BCUT2D eigenvalue weighted by atomic mass is 32.1. The van der Waals surface area contributed by atoms with Gasteiger partial charge in [-0.05, 0) is 18.6 Å². The van der Waals surface area contributed by atoms with Crippen LogP contribution in [0.2, 0.25) is 0 Å². The van der Waals surface area contributed by atoms with Crippen LogP contribution >= 0.6 is 11.3 Å². The van der Waals surface area contributed by atoms with Gasteiger partial charge in [-0.15, -0.1) is 0 Å². The van der Waals surface area contributed by atoms with Crippen molar-refractivity contribution in [1.29, 1.82) is 0 Å².